The third kappa shape index (κ3) is 9.02. The molecule has 2 aliphatic heterocycles. The van der Waals surface area contributed by atoms with Crippen molar-refractivity contribution in [3.8, 4) is 0 Å². The average Bonchev–Trinajstić information content (AvgIpc) is 2.92. The second-order valence-corrected chi connectivity index (χ2v) is 12.0. The fourth-order valence-electron chi connectivity index (χ4n) is 5.35. The van der Waals surface area contributed by atoms with E-state index in [0.29, 0.717) is 57.2 Å². The minimum Gasteiger partial charge on any atom is -0.444 e. The molecule has 0 unspecified atom stereocenters. The molecule has 4 rings (SSSR count). The number of carbonyl (C=O) groups is 2. The highest BCUT2D eigenvalue weighted by molar-refractivity contribution is 5.83. The first-order valence-corrected chi connectivity index (χ1v) is 14.3. The van der Waals surface area contributed by atoms with E-state index in [-0.39, 0.29) is 23.6 Å². The summed E-state index contributed by atoms with van der Waals surface area (Å²) in [6, 6.07) is 5.96. The zero-order chi connectivity index (χ0) is 31.4. The van der Waals surface area contributed by atoms with Crippen molar-refractivity contribution in [1.82, 2.24) is 14.8 Å². The maximum Gasteiger partial charge on any atom is 0.416 e. The fraction of sp³-hybridized carbons (Fsp3) is 0.552. The number of anilines is 2. The summed E-state index contributed by atoms with van der Waals surface area (Å²) in [7, 11) is 0. The van der Waals surface area contributed by atoms with E-state index in [2.05, 4.69) is 20.5 Å². The molecule has 0 aliphatic carbocycles. The number of likely N-dealkylation sites (tertiary alicyclic amines) is 2. The SMILES string of the molecule is CC(C)(C)OC(=O)Nc1cc(CN2CCC(C(=O)N3CCC(Nc4ccc(C(F)(F)F)cc4[N+](=O)[O-])CC3)CC2)ccn1. The summed E-state index contributed by atoms with van der Waals surface area (Å²) in [5.41, 5.74) is -1.29. The number of hydrogen-bond donors (Lipinski definition) is 2. The lowest BCUT2D eigenvalue weighted by molar-refractivity contribution is -0.384. The lowest BCUT2D eigenvalue weighted by atomic mass is 9.93. The Labute approximate surface area is 247 Å². The first kappa shape index (κ1) is 32.0. The number of nitro benzene ring substituents is 1. The molecule has 2 amide bonds. The van der Waals surface area contributed by atoms with Crippen LogP contribution in [0.5, 0.6) is 0 Å². The van der Waals surface area contributed by atoms with E-state index >= 15 is 0 Å². The van der Waals surface area contributed by atoms with Crippen molar-refractivity contribution in [2.75, 3.05) is 36.8 Å². The van der Waals surface area contributed by atoms with Gasteiger partial charge in [-0.3, -0.25) is 25.1 Å². The Hall–Kier alpha value is -3.94. The van der Waals surface area contributed by atoms with Crippen LogP contribution in [0, 0.1) is 16.0 Å². The minimum atomic E-state index is -4.67. The van der Waals surface area contributed by atoms with Crippen molar-refractivity contribution in [1.29, 1.82) is 0 Å². The van der Waals surface area contributed by atoms with Gasteiger partial charge in [-0.15, -0.1) is 0 Å². The van der Waals surface area contributed by atoms with Gasteiger partial charge in [0, 0.05) is 43.9 Å². The van der Waals surface area contributed by atoms with E-state index in [9.17, 15) is 32.9 Å². The first-order valence-electron chi connectivity index (χ1n) is 14.3. The topological polar surface area (TPSA) is 130 Å². The summed E-state index contributed by atoms with van der Waals surface area (Å²) in [6.45, 7) is 8.42. The van der Waals surface area contributed by atoms with Crippen LogP contribution in [0.4, 0.5) is 35.2 Å². The number of nitrogens with zero attached hydrogens (tertiary/aromatic N) is 4. The van der Waals surface area contributed by atoms with E-state index in [4.69, 9.17) is 4.74 Å². The Kier molecular flexibility index (Phi) is 9.78. The molecule has 2 saturated heterocycles. The van der Waals surface area contributed by atoms with Gasteiger partial charge < -0.3 is 15.0 Å². The van der Waals surface area contributed by atoms with Gasteiger partial charge in [0.25, 0.3) is 5.69 Å². The third-order valence-corrected chi connectivity index (χ3v) is 7.48. The van der Waals surface area contributed by atoms with Crippen LogP contribution < -0.4 is 10.6 Å². The van der Waals surface area contributed by atoms with E-state index in [1.807, 2.05) is 11.0 Å². The molecular weight excluding hydrogens is 569 g/mol. The predicted molar refractivity (Wildman–Crippen MR) is 153 cm³/mol. The molecule has 11 nitrogen and oxygen atoms in total. The summed E-state index contributed by atoms with van der Waals surface area (Å²) < 4.78 is 44.3. The molecule has 0 saturated carbocycles. The van der Waals surface area contributed by atoms with E-state index in [1.165, 1.54) is 0 Å². The highest BCUT2D eigenvalue weighted by atomic mass is 19.4. The van der Waals surface area contributed by atoms with Gasteiger partial charge in [-0.2, -0.15) is 13.2 Å². The van der Waals surface area contributed by atoms with Crippen molar-refractivity contribution in [3.05, 3.63) is 57.8 Å². The van der Waals surface area contributed by atoms with Crippen LogP contribution in [0.1, 0.15) is 57.6 Å². The number of amides is 2. The molecule has 0 atom stereocenters. The van der Waals surface area contributed by atoms with E-state index in [0.717, 1.165) is 30.8 Å². The number of hydrogen-bond acceptors (Lipinski definition) is 8. The lowest BCUT2D eigenvalue weighted by Gasteiger charge is -2.37. The number of nitrogens with one attached hydrogen (secondary N) is 2. The zero-order valence-corrected chi connectivity index (χ0v) is 24.4. The molecule has 1 aromatic carbocycles. The van der Waals surface area contributed by atoms with Crippen molar-refractivity contribution in [3.63, 3.8) is 0 Å². The van der Waals surface area contributed by atoms with Crippen LogP contribution >= 0.6 is 0 Å². The van der Waals surface area contributed by atoms with Crippen LogP contribution in [-0.4, -0.2) is 69.5 Å². The van der Waals surface area contributed by atoms with Gasteiger partial charge in [0.2, 0.25) is 5.91 Å². The second kappa shape index (κ2) is 13.1. The molecule has 3 heterocycles. The molecule has 2 aromatic rings. The molecule has 14 heteroatoms. The lowest BCUT2D eigenvalue weighted by Crippen LogP contribution is -2.47. The molecule has 0 bridgehead atoms. The summed E-state index contributed by atoms with van der Waals surface area (Å²) >= 11 is 0. The van der Waals surface area contributed by atoms with Gasteiger partial charge in [-0.05, 0) is 89.4 Å². The number of ether oxygens (including phenoxy) is 1. The van der Waals surface area contributed by atoms with E-state index in [1.54, 1.807) is 33.0 Å². The summed E-state index contributed by atoms with van der Waals surface area (Å²) in [5.74, 6) is 0.396. The highest BCUT2D eigenvalue weighted by Gasteiger charge is 2.34. The number of pyridine rings is 1. The van der Waals surface area contributed by atoms with Crippen LogP contribution in [0.3, 0.4) is 0 Å². The molecule has 2 N–H and O–H groups in total. The van der Waals surface area contributed by atoms with Gasteiger partial charge in [-0.1, -0.05) is 0 Å². The Morgan fingerprint density at radius 2 is 1.72 bits per heavy atom. The largest absolute Gasteiger partial charge is 0.444 e. The van der Waals surface area contributed by atoms with Gasteiger partial charge in [-0.25, -0.2) is 9.78 Å². The Balaban J connectivity index is 1.23. The number of halogens is 3. The van der Waals surface area contributed by atoms with E-state index < -0.39 is 34.0 Å². The monoisotopic (exact) mass is 606 g/mol. The van der Waals surface area contributed by atoms with Crippen molar-refractivity contribution in [2.24, 2.45) is 5.92 Å². The summed E-state index contributed by atoms with van der Waals surface area (Å²) in [4.78, 5) is 44.1. The molecular formula is C29H37F3N6O5. The standard InChI is InChI=1S/C29H37F3N6O5/c1-28(2,3)43-27(40)35-25-16-19(6-11-33-25)18-36-12-7-20(8-13-36)26(39)37-14-9-22(10-15-37)34-23-5-4-21(29(30,31)32)17-24(23)38(41)42/h4-6,11,16-17,20,22,34H,7-10,12-15,18H2,1-3H3,(H,33,35,40). The van der Waals surface area contributed by atoms with Crippen LogP contribution in [-0.2, 0) is 22.3 Å². The molecule has 2 aliphatic rings. The first-order chi connectivity index (χ1) is 20.2. The third-order valence-electron chi connectivity index (χ3n) is 7.48. The number of benzene rings is 1. The number of carbonyl (C=O) groups excluding carboxylic acids is 2. The number of alkyl halides is 3. The van der Waals surface area contributed by atoms with Gasteiger partial charge in [0.05, 0.1) is 10.5 Å². The zero-order valence-electron chi connectivity index (χ0n) is 24.4. The van der Waals surface area contributed by atoms with Crippen molar-refractivity contribution in [2.45, 2.75) is 70.8 Å². The maximum atomic E-state index is 13.2. The summed E-state index contributed by atoms with van der Waals surface area (Å²) in [5, 5.41) is 17.1. The number of rotatable bonds is 7. The molecule has 2 fully saturated rings. The Morgan fingerprint density at radius 3 is 2.33 bits per heavy atom. The van der Waals surface area contributed by atoms with Gasteiger partial charge >= 0.3 is 12.3 Å². The molecule has 43 heavy (non-hydrogen) atoms. The Morgan fingerprint density at radius 1 is 1.05 bits per heavy atom. The molecule has 0 radical (unpaired) electrons. The van der Waals surface area contributed by atoms with Gasteiger partial charge in [0.1, 0.15) is 17.1 Å². The average molecular weight is 607 g/mol. The minimum absolute atomic E-state index is 0.0390. The maximum absolute atomic E-state index is 13.2. The summed E-state index contributed by atoms with van der Waals surface area (Å²) in [6.07, 6.45) is -1.13. The Bertz CT molecular complexity index is 1320. The molecule has 1 aromatic heterocycles. The highest BCUT2D eigenvalue weighted by Crippen LogP contribution is 2.36. The van der Waals surface area contributed by atoms with Crippen molar-refractivity contribution >= 4 is 29.2 Å². The molecule has 0 spiro atoms. The predicted octanol–water partition coefficient (Wildman–Crippen LogP) is 5.67. The molecule has 234 valence electrons. The van der Waals surface area contributed by atoms with Crippen LogP contribution in [0.25, 0.3) is 0 Å². The smallest absolute Gasteiger partial charge is 0.416 e. The number of piperidine rings is 2. The fourth-order valence-corrected chi connectivity index (χ4v) is 5.35. The number of nitro groups is 1. The number of aromatic nitrogens is 1. The normalized spacial score (nSPS) is 17.4. The van der Waals surface area contributed by atoms with Crippen LogP contribution in [0.15, 0.2) is 36.5 Å². The second-order valence-electron chi connectivity index (χ2n) is 12.0. The van der Waals surface area contributed by atoms with Gasteiger partial charge in [0.15, 0.2) is 0 Å². The quantitative estimate of drug-likeness (QED) is 0.305. The van der Waals surface area contributed by atoms with Crippen LogP contribution in [0.2, 0.25) is 0 Å². The van der Waals surface area contributed by atoms with Crippen molar-refractivity contribution < 1.29 is 32.4 Å².